The molecule has 12 nitrogen and oxygen atoms in total. The summed E-state index contributed by atoms with van der Waals surface area (Å²) in [6, 6.07) is 17.4. The molecule has 15 heteroatoms. The number of allylic oxidation sites excluding steroid dienone is 1. The predicted octanol–water partition coefficient (Wildman–Crippen LogP) is 7.43. The largest absolute Gasteiger partial charge is 0.376 e. The molecular formula is C43H44F3N7O5. The van der Waals surface area contributed by atoms with Gasteiger partial charge in [-0.05, 0) is 111 Å². The topological polar surface area (TPSA) is 139 Å². The lowest BCUT2D eigenvalue weighted by molar-refractivity contribution is -0.141. The summed E-state index contributed by atoms with van der Waals surface area (Å²) in [5.41, 5.74) is 1.83. The highest BCUT2D eigenvalue weighted by atomic mass is 19.1. The van der Waals surface area contributed by atoms with E-state index in [9.17, 15) is 27.6 Å². The highest BCUT2D eigenvalue weighted by Crippen LogP contribution is 2.31. The summed E-state index contributed by atoms with van der Waals surface area (Å²) < 4.78 is 50.1. The van der Waals surface area contributed by atoms with Crippen molar-refractivity contribution in [3.63, 3.8) is 0 Å². The van der Waals surface area contributed by atoms with Gasteiger partial charge in [-0.25, -0.2) is 13.2 Å². The quantitative estimate of drug-likeness (QED) is 0.115. The number of likely N-dealkylation sites (tertiary alicyclic amines) is 3. The Morgan fingerprint density at radius 1 is 0.638 bits per heavy atom. The van der Waals surface area contributed by atoms with E-state index < -0.39 is 0 Å². The van der Waals surface area contributed by atoms with Gasteiger partial charge in [-0.1, -0.05) is 10.3 Å². The van der Waals surface area contributed by atoms with Gasteiger partial charge < -0.3 is 23.7 Å². The molecule has 3 fully saturated rings. The summed E-state index contributed by atoms with van der Waals surface area (Å²) in [5.74, 6) is 1.01. The smallest absolute Gasteiger partial charge is 0.231 e. The predicted molar refractivity (Wildman–Crippen MR) is 206 cm³/mol. The second-order valence-electron chi connectivity index (χ2n) is 14.9. The maximum Gasteiger partial charge on any atom is 0.231 e. The third-order valence-corrected chi connectivity index (χ3v) is 10.8. The van der Waals surface area contributed by atoms with E-state index >= 15 is 0 Å². The number of rotatable bonds is 8. The molecule has 0 radical (unpaired) electrons. The Morgan fingerprint density at radius 3 is 1.67 bits per heavy atom. The first-order valence-electron chi connectivity index (χ1n) is 19.5. The molecule has 3 aliphatic heterocycles. The van der Waals surface area contributed by atoms with Crippen molar-refractivity contribution >= 4 is 17.6 Å². The van der Waals surface area contributed by atoms with E-state index in [1.54, 1.807) is 42.3 Å². The van der Waals surface area contributed by atoms with Crippen LogP contribution in [0.3, 0.4) is 0 Å². The zero-order valence-corrected chi connectivity index (χ0v) is 32.1. The van der Waals surface area contributed by atoms with Crippen LogP contribution in [-0.2, 0) is 9.59 Å². The monoisotopic (exact) mass is 795 g/mol. The third-order valence-electron chi connectivity index (χ3n) is 10.8. The van der Waals surface area contributed by atoms with Crippen LogP contribution in [0, 0.1) is 23.4 Å². The molecule has 0 bridgehead atoms. The van der Waals surface area contributed by atoms with Crippen LogP contribution in [0.25, 0.3) is 22.8 Å². The standard InChI is InChI=1S/C22H19F2N3O2.C21H25FN4O3/c23-18-7-3-15(4-8-18)20(28)11-13-27-12-1-2-17(14-27)22-25-21(26-29-22)16-5-9-19(24)10-6-16;1-14(27)25-11-8-16(9-12-25)21(28)26-10-2-3-17(13-26)20-23-19(24-29-20)15-4-6-18(22)7-5-15/h3-11,13,17H,1-2,12,14H2;4-7,16-17H,2-3,8-13H2,1H3/b13-11+;/t2*17-/m00/s1. The minimum Gasteiger partial charge on any atom is -0.376 e. The molecule has 0 spiro atoms. The first-order valence-corrected chi connectivity index (χ1v) is 19.5. The molecule has 0 N–H and O–H groups in total. The van der Waals surface area contributed by atoms with Crippen LogP contribution in [0.2, 0.25) is 0 Å². The molecule has 0 saturated carbocycles. The summed E-state index contributed by atoms with van der Waals surface area (Å²) in [6.07, 6.45) is 8.29. The molecule has 3 aliphatic rings. The van der Waals surface area contributed by atoms with Gasteiger partial charge in [0.1, 0.15) is 17.5 Å². The zero-order valence-electron chi connectivity index (χ0n) is 32.1. The van der Waals surface area contributed by atoms with Gasteiger partial charge >= 0.3 is 0 Å². The van der Waals surface area contributed by atoms with Crippen molar-refractivity contribution in [1.82, 2.24) is 35.0 Å². The highest BCUT2D eigenvalue weighted by molar-refractivity contribution is 6.04. The van der Waals surface area contributed by atoms with Crippen LogP contribution in [0.5, 0.6) is 0 Å². The van der Waals surface area contributed by atoms with Crippen LogP contribution in [0.4, 0.5) is 13.2 Å². The Labute approximate surface area is 333 Å². The Morgan fingerprint density at radius 2 is 1.14 bits per heavy atom. The van der Waals surface area contributed by atoms with E-state index in [0.717, 1.165) is 51.6 Å². The number of piperidine rings is 3. The van der Waals surface area contributed by atoms with Crippen LogP contribution >= 0.6 is 0 Å². The molecule has 302 valence electrons. The molecule has 58 heavy (non-hydrogen) atoms. The van der Waals surface area contributed by atoms with Crippen molar-refractivity contribution < 1.29 is 36.6 Å². The fourth-order valence-electron chi connectivity index (χ4n) is 7.54. The summed E-state index contributed by atoms with van der Waals surface area (Å²) in [6.45, 7) is 5.64. The Balaban J connectivity index is 0.000000177. The van der Waals surface area contributed by atoms with Gasteiger partial charge in [0.05, 0.1) is 11.8 Å². The molecule has 0 aliphatic carbocycles. The van der Waals surface area contributed by atoms with E-state index in [2.05, 4.69) is 20.3 Å². The summed E-state index contributed by atoms with van der Waals surface area (Å²) in [4.78, 5) is 51.4. The SMILES string of the molecule is CC(=O)N1CCC(C(=O)N2CCC[C@H](c3nc(-c4ccc(F)cc4)no3)C2)CC1.O=C(/C=C/N1CCC[C@H](c2nc(-c3ccc(F)cc3)no2)C1)c1ccc(F)cc1. The van der Waals surface area contributed by atoms with Crippen molar-refractivity contribution in [2.24, 2.45) is 5.92 Å². The minimum atomic E-state index is -0.371. The molecule has 3 aromatic carbocycles. The molecular weight excluding hydrogens is 752 g/mol. The first-order chi connectivity index (χ1) is 28.1. The summed E-state index contributed by atoms with van der Waals surface area (Å²) >= 11 is 0. The van der Waals surface area contributed by atoms with Gasteiger partial charge in [0.2, 0.25) is 35.2 Å². The lowest BCUT2D eigenvalue weighted by Crippen LogP contribution is -2.46. The molecule has 2 amide bonds. The lowest BCUT2D eigenvalue weighted by atomic mass is 9.92. The molecule has 3 saturated heterocycles. The number of aromatic nitrogens is 4. The van der Waals surface area contributed by atoms with Gasteiger partial charge in [-0.15, -0.1) is 0 Å². The van der Waals surface area contributed by atoms with Crippen molar-refractivity contribution in [1.29, 1.82) is 0 Å². The van der Waals surface area contributed by atoms with Crippen molar-refractivity contribution in [3.05, 3.63) is 120 Å². The highest BCUT2D eigenvalue weighted by Gasteiger charge is 2.34. The molecule has 0 unspecified atom stereocenters. The third kappa shape index (κ3) is 10.1. The normalized spacial score (nSPS) is 18.9. The second kappa shape index (κ2) is 18.4. The van der Waals surface area contributed by atoms with Crippen molar-refractivity contribution in [2.75, 3.05) is 39.3 Å². The number of carbonyl (C=O) groups excluding carboxylic acids is 3. The maximum absolute atomic E-state index is 13.1. The van der Waals surface area contributed by atoms with E-state index in [0.29, 0.717) is 66.3 Å². The average Bonchev–Trinajstić information content (AvgIpc) is 3.96. The number of carbonyl (C=O) groups is 3. The molecule has 8 rings (SSSR count). The van der Waals surface area contributed by atoms with Crippen molar-refractivity contribution in [2.45, 2.75) is 57.3 Å². The Hall–Kier alpha value is -6.12. The summed E-state index contributed by atoms with van der Waals surface area (Å²) in [7, 11) is 0. The number of amides is 2. The van der Waals surface area contributed by atoms with E-state index in [4.69, 9.17) is 9.05 Å². The summed E-state index contributed by atoms with van der Waals surface area (Å²) in [5, 5.41) is 8.03. The lowest BCUT2D eigenvalue weighted by Gasteiger charge is -2.36. The van der Waals surface area contributed by atoms with Gasteiger partial charge in [-0.2, -0.15) is 9.97 Å². The molecule has 2 atom stereocenters. The van der Waals surface area contributed by atoms with Crippen LogP contribution in [0.1, 0.15) is 79.4 Å². The van der Waals surface area contributed by atoms with Gasteiger partial charge in [-0.3, -0.25) is 14.4 Å². The van der Waals surface area contributed by atoms with Gasteiger partial charge in [0.25, 0.3) is 0 Å². The number of nitrogens with zero attached hydrogens (tertiary/aromatic N) is 7. The first kappa shape index (κ1) is 40.1. The molecule has 5 heterocycles. The minimum absolute atomic E-state index is 0.00621. The van der Waals surface area contributed by atoms with E-state index in [1.165, 1.54) is 54.6 Å². The van der Waals surface area contributed by atoms with Crippen LogP contribution in [-0.4, -0.2) is 91.8 Å². The second-order valence-corrected chi connectivity index (χ2v) is 14.9. The van der Waals surface area contributed by atoms with Crippen LogP contribution < -0.4 is 0 Å². The number of ketones is 1. The average molecular weight is 796 g/mol. The molecule has 2 aromatic heterocycles. The number of hydrogen-bond acceptors (Lipinski definition) is 10. The van der Waals surface area contributed by atoms with Crippen molar-refractivity contribution in [3.8, 4) is 22.8 Å². The van der Waals surface area contributed by atoms with E-state index in [1.807, 2.05) is 9.80 Å². The van der Waals surface area contributed by atoms with Crippen LogP contribution in [0.15, 0.2) is 94.1 Å². The van der Waals surface area contributed by atoms with E-state index in [-0.39, 0.29) is 52.8 Å². The Bertz CT molecular complexity index is 2200. The number of hydrogen-bond donors (Lipinski definition) is 0. The van der Waals surface area contributed by atoms with Gasteiger partial charge in [0, 0.05) is 81.1 Å². The zero-order chi connectivity index (χ0) is 40.6. The van der Waals surface area contributed by atoms with Gasteiger partial charge in [0.15, 0.2) is 5.78 Å². The number of benzene rings is 3. The molecule has 5 aromatic rings. The maximum atomic E-state index is 13.1. The fraction of sp³-hybridized carbons (Fsp3) is 0.372. The number of halogens is 3. The Kier molecular flexibility index (Phi) is 12.7. The fourth-order valence-corrected chi connectivity index (χ4v) is 7.54.